The molecule has 1 saturated carbocycles. The zero-order chi connectivity index (χ0) is 32.6. The first kappa shape index (κ1) is 36.5. The number of hydrogen-bond donors (Lipinski definition) is 3. The van der Waals surface area contributed by atoms with Gasteiger partial charge in [0.05, 0.1) is 19.1 Å². The number of ether oxygens (including phenoxy) is 1. The first-order valence-corrected chi connectivity index (χ1v) is 15.8. The largest absolute Gasteiger partial charge is 0.469 e. The van der Waals surface area contributed by atoms with Crippen LogP contribution >= 0.6 is 0 Å². The molecule has 0 spiro atoms. The number of nitrogens with one attached hydrogen (secondary N) is 1. The molecule has 1 saturated heterocycles. The van der Waals surface area contributed by atoms with Crippen LogP contribution in [-0.4, -0.2) is 60.4 Å². The fourth-order valence-electron chi connectivity index (χ4n) is 5.99. The van der Waals surface area contributed by atoms with Crippen molar-refractivity contribution in [1.82, 2.24) is 10.2 Å². The molecule has 1 heterocycles. The number of benzene rings is 2. The highest BCUT2D eigenvalue weighted by Crippen LogP contribution is 2.32. The van der Waals surface area contributed by atoms with E-state index in [2.05, 4.69) is 42.2 Å². The Bertz CT molecular complexity index is 1120. The normalized spacial score (nSPS) is 18.4. The molecule has 44 heavy (non-hydrogen) atoms. The molecule has 2 fully saturated rings. The molecule has 1 aliphatic heterocycles. The summed E-state index contributed by atoms with van der Waals surface area (Å²) in [4.78, 5) is 47.9. The summed E-state index contributed by atoms with van der Waals surface area (Å²) in [5, 5.41) is 2.93. The van der Waals surface area contributed by atoms with Crippen molar-refractivity contribution in [3.63, 3.8) is 0 Å². The average Bonchev–Trinajstić information content (AvgIpc) is 3.46. The molecule has 1 unspecified atom stereocenters. The third-order valence-electron chi connectivity index (χ3n) is 8.33. The number of rotatable bonds is 8. The van der Waals surface area contributed by atoms with Gasteiger partial charge in [-0.25, -0.2) is 0 Å². The molecule has 0 bridgehead atoms. The van der Waals surface area contributed by atoms with Crippen molar-refractivity contribution in [3.8, 4) is 0 Å². The molecule has 0 radical (unpaired) electrons. The fourth-order valence-corrected chi connectivity index (χ4v) is 5.99. The topological polar surface area (TPSA) is 145 Å². The predicted molar refractivity (Wildman–Crippen MR) is 173 cm³/mol. The standard InChI is InChI=1S/C17H18O2.C16H29N3O2.C2H5NO/c1-13(17(18)19-2)16(14-9-5-3-6-10-14)15-11-7-4-8-12-15;1-11-7-6-10-19(11)16(21)14(18-15(20)12(2)17)13-8-4-3-5-9-13;1-2(3)4/h3-13,16H,1-2H3;11-14H,3-10,17H2,1-2H3,(H,18,20);1H3,(H2,3,4)/t13-;11-,12?,14+;/m01./s1. The monoisotopic (exact) mass is 608 g/mol. The van der Waals surface area contributed by atoms with Crippen molar-refractivity contribution in [1.29, 1.82) is 0 Å². The van der Waals surface area contributed by atoms with Crippen molar-refractivity contribution in [2.75, 3.05) is 13.7 Å². The zero-order valence-electron chi connectivity index (χ0n) is 27.0. The number of carbonyl (C=O) groups is 4. The number of nitrogens with zero attached hydrogens (tertiary/aromatic N) is 1. The predicted octanol–water partition coefficient (Wildman–Crippen LogP) is 4.53. The second-order valence-corrected chi connectivity index (χ2v) is 11.9. The van der Waals surface area contributed by atoms with Crippen LogP contribution in [0.4, 0.5) is 0 Å². The minimum absolute atomic E-state index is 0.0230. The first-order valence-electron chi connectivity index (χ1n) is 15.8. The Morgan fingerprint density at radius 1 is 0.864 bits per heavy atom. The molecule has 4 atom stereocenters. The summed E-state index contributed by atoms with van der Waals surface area (Å²) in [6, 6.07) is 19.5. The van der Waals surface area contributed by atoms with E-state index in [9.17, 15) is 19.2 Å². The minimum atomic E-state index is -0.570. The van der Waals surface area contributed by atoms with Crippen molar-refractivity contribution in [2.45, 2.75) is 96.7 Å². The van der Waals surface area contributed by atoms with E-state index >= 15 is 0 Å². The Morgan fingerprint density at radius 2 is 1.36 bits per heavy atom. The Morgan fingerprint density at radius 3 is 1.77 bits per heavy atom. The van der Waals surface area contributed by atoms with Crippen molar-refractivity contribution in [2.24, 2.45) is 23.3 Å². The summed E-state index contributed by atoms with van der Waals surface area (Å²) in [5.74, 6) is -0.559. The molecule has 3 amide bonds. The van der Waals surface area contributed by atoms with Crippen LogP contribution in [0, 0.1) is 11.8 Å². The van der Waals surface area contributed by atoms with Crippen LogP contribution in [0.3, 0.4) is 0 Å². The van der Waals surface area contributed by atoms with E-state index < -0.39 is 6.04 Å². The third kappa shape index (κ3) is 11.4. The maximum atomic E-state index is 12.9. The van der Waals surface area contributed by atoms with Gasteiger partial charge in [0, 0.05) is 25.4 Å². The van der Waals surface area contributed by atoms with Crippen LogP contribution < -0.4 is 16.8 Å². The quantitative estimate of drug-likeness (QED) is 0.376. The highest BCUT2D eigenvalue weighted by molar-refractivity contribution is 5.90. The lowest BCUT2D eigenvalue weighted by Crippen LogP contribution is -2.55. The summed E-state index contributed by atoms with van der Waals surface area (Å²) in [6.07, 6.45) is 7.71. The van der Waals surface area contributed by atoms with E-state index in [1.165, 1.54) is 20.5 Å². The summed E-state index contributed by atoms with van der Waals surface area (Å²) < 4.78 is 4.90. The van der Waals surface area contributed by atoms with Gasteiger partial charge in [-0.3, -0.25) is 19.2 Å². The summed E-state index contributed by atoms with van der Waals surface area (Å²) in [5.41, 5.74) is 12.4. The molecule has 5 N–H and O–H groups in total. The molecule has 2 aromatic carbocycles. The Kier molecular flexibility index (Phi) is 15.6. The van der Waals surface area contributed by atoms with Gasteiger partial charge >= 0.3 is 5.97 Å². The SMILES string of the molecule is CC(N)=O.CC(N)C(=O)N[C@H](C(=O)N1CCC[C@H]1C)C1CCCCC1.COC(=O)[C@@H](C)C(c1ccccc1)c1ccccc1. The van der Waals surface area contributed by atoms with E-state index in [-0.39, 0.29) is 53.5 Å². The summed E-state index contributed by atoms with van der Waals surface area (Å²) in [7, 11) is 1.44. The summed E-state index contributed by atoms with van der Waals surface area (Å²) >= 11 is 0. The number of primary amides is 1. The van der Waals surface area contributed by atoms with Gasteiger partial charge in [0.25, 0.3) is 0 Å². The number of nitrogens with two attached hydrogens (primary N) is 2. The lowest BCUT2D eigenvalue weighted by molar-refractivity contribution is -0.145. The Hall–Kier alpha value is -3.72. The van der Waals surface area contributed by atoms with Crippen molar-refractivity contribution >= 4 is 23.7 Å². The van der Waals surface area contributed by atoms with Crippen LogP contribution in [0.2, 0.25) is 0 Å². The zero-order valence-corrected chi connectivity index (χ0v) is 27.0. The number of esters is 1. The molecule has 1 aliphatic carbocycles. The molecule has 2 aromatic rings. The van der Waals surface area contributed by atoms with E-state index in [1.54, 1.807) is 6.92 Å². The molecule has 4 rings (SSSR count). The lowest BCUT2D eigenvalue weighted by atomic mass is 9.82. The van der Waals surface area contributed by atoms with Crippen LogP contribution in [0.25, 0.3) is 0 Å². The van der Waals surface area contributed by atoms with Crippen LogP contribution in [0.1, 0.15) is 89.7 Å². The molecule has 2 aliphatic rings. The van der Waals surface area contributed by atoms with Gasteiger partial charge in [0.2, 0.25) is 17.7 Å². The van der Waals surface area contributed by atoms with Gasteiger partial charge in [0.1, 0.15) is 6.04 Å². The highest BCUT2D eigenvalue weighted by atomic mass is 16.5. The molecular weight excluding hydrogens is 556 g/mol. The van der Waals surface area contributed by atoms with Gasteiger partial charge in [-0.05, 0) is 56.6 Å². The fraction of sp³-hybridized carbons (Fsp3) is 0.543. The Balaban J connectivity index is 0.000000275. The number of carbonyl (C=O) groups excluding carboxylic acids is 4. The smallest absolute Gasteiger partial charge is 0.309 e. The van der Waals surface area contributed by atoms with Crippen LogP contribution in [-0.2, 0) is 23.9 Å². The number of hydrogen-bond acceptors (Lipinski definition) is 6. The van der Waals surface area contributed by atoms with Crippen molar-refractivity contribution in [3.05, 3.63) is 71.8 Å². The second-order valence-electron chi connectivity index (χ2n) is 11.9. The van der Waals surface area contributed by atoms with Crippen LogP contribution in [0.15, 0.2) is 60.7 Å². The molecular formula is C35H52N4O5. The molecule has 9 heteroatoms. The van der Waals surface area contributed by atoms with Gasteiger partial charge in [-0.15, -0.1) is 0 Å². The average molecular weight is 609 g/mol. The van der Waals surface area contributed by atoms with Gasteiger partial charge in [-0.2, -0.15) is 0 Å². The summed E-state index contributed by atoms with van der Waals surface area (Å²) in [6.45, 7) is 7.79. The maximum absolute atomic E-state index is 12.9. The van der Waals surface area contributed by atoms with E-state index in [1.807, 2.05) is 48.2 Å². The van der Waals surface area contributed by atoms with Crippen molar-refractivity contribution < 1.29 is 23.9 Å². The van der Waals surface area contributed by atoms with Crippen LogP contribution in [0.5, 0.6) is 0 Å². The second kappa shape index (κ2) is 18.8. The molecule has 9 nitrogen and oxygen atoms in total. The van der Waals surface area contributed by atoms with Gasteiger partial charge in [-0.1, -0.05) is 86.8 Å². The Labute approximate surface area is 263 Å². The lowest BCUT2D eigenvalue weighted by Gasteiger charge is -2.34. The highest BCUT2D eigenvalue weighted by Gasteiger charge is 2.37. The first-order chi connectivity index (χ1) is 21.0. The van der Waals surface area contributed by atoms with E-state index in [0.29, 0.717) is 0 Å². The number of amides is 3. The number of methoxy groups -OCH3 is 1. The third-order valence-corrected chi connectivity index (χ3v) is 8.33. The van der Waals surface area contributed by atoms with Gasteiger partial charge in [0.15, 0.2) is 0 Å². The number of likely N-dealkylation sites (tertiary alicyclic amines) is 1. The molecule has 242 valence electrons. The van der Waals surface area contributed by atoms with E-state index in [4.69, 9.17) is 10.5 Å². The maximum Gasteiger partial charge on any atom is 0.309 e. The van der Waals surface area contributed by atoms with Gasteiger partial charge < -0.3 is 26.4 Å². The minimum Gasteiger partial charge on any atom is -0.469 e. The van der Waals surface area contributed by atoms with E-state index in [0.717, 1.165) is 56.2 Å². The molecule has 0 aromatic heterocycles.